The summed E-state index contributed by atoms with van der Waals surface area (Å²) in [7, 11) is 0. The molecule has 0 aromatic heterocycles. The minimum Gasteiger partial charge on any atom is -0.392 e. The molecule has 0 saturated carbocycles. The minimum atomic E-state index is -0.134. The molecule has 1 rings (SSSR count). The summed E-state index contributed by atoms with van der Waals surface area (Å²) in [5.41, 5.74) is 1.44. The fourth-order valence-corrected chi connectivity index (χ4v) is 1.66. The molecule has 14 heavy (non-hydrogen) atoms. The molecule has 0 amide bonds. The van der Waals surface area contributed by atoms with Gasteiger partial charge in [0, 0.05) is 11.4 Å². The second kappa shape index (κ2) is 5.49. The number of hydrogen-bond acceptors (Lipinski definition) is 2. The van der Waals surface area contributed by atoms with Gasteiger partial charge in [-0.05, 0) is 17.2 Å². The van der Waals surface area contributed by atoms with Gasteiger partial charge in [-0.1, -0.05) is 39.7 Å². The maximum absolute atomic E-state index is 11.2. The number of aliphatic hydroxyl groups excluding tert-OH is 1. The van der Waals surface area contributed by atoms with E-state index in [2.05, 4.69) is 15.9 Å². The number of halogens is 2. The lowest BCUT2D eigenvalue weighted by molar-refractivity contribution is -0.115. The maximum atomic E-state index is 11.2. The van der Waals surface area contributed by atoms with Crippen LogP contribution in [0.15, 0.2) is 18.2 Å². The highest BCUT2D eigenvalue weighted by Crippen LogP contribution is 2.20. The second-order valence-electron chi connectivity index (χ2n) is 2.88. The van der Waals surface area contributed by atoms with Gasteiger partial charge >= 0.3 is 0 Å². The van der Waals surface area contributed by atoms with E-state index in [9.17, 15) is 4.79 Å². The number of Topliss-reactive ketones (excluding diaryl/α,β-unsaturated/α-hetero) is 1. The molecular formula is C10H10BrClO2. The first kappa shape index (κ1) is 11.7. The summed E-state index contributed by atoms with van der Waals surface area (Å²) in [4.78, 5) is 11.2. The monoisotopic (exact) mass is 276 g/mol. The van der Waals surface area contributed by atoms with Crippen molar-refractivity contribution >= 4 is 33.3 Å². The number of alkyl halides is 1. The quantitative estimate of drug-likeness (QED) is 0.858. The summed E-state index contributed by atoms with van der Waals surface area (Å²) in [5, 5.41) is 9.91. The summed E-state index contributed by atoms with van der Waals surface area (Å²) < 4.78 is 0. The molecule has 0 atom stereocenters. The molecule has 0 bridgehead atoms. The van der Waals surface area contributed by atoms with Crippen molar-refractivity contribution in [2.24, 2.45) is 0 Å². The first-order chi connectivity index (χ1) is 6.69. The van der Waals surface area contributed by atoms with Crippen molar-refractivity contribution in [3.05, 3.63) is 34.3 Å². The van der Waals surface area contributed by atoms with Crippen molar-refractivity contribution in [1.82, 2.24) is 0 Å². The third-order valence-electron chi connectivity index (χ3n) is 1.91. The number of rotatable bonds is 4. The summed E-state index contributed by atoms with van der Waals surface area (Å²) in [6.07, 6.45) is 0.307. The Kier molecular flexibility index (Phi) is 4.58. The zero-order chi connectivity index (χ0) is 10.6. The highest BCUT2D eigenvalue weighted by Gasteiger charge is 2.08. The van der Waals surface area contributed by atoms with Crippen LogP contribution in [0.5, 0.6) is 0 Å². The molecule has 0 saturated heterocycles. The number of ketones is 1. The van der Waals surface area contributed by atoms with Crippen LogP contribution in [0.3, 0.4) is 0 Å². The van der Waals surface area contributed by atoms with Crippen molar-refractivity contribution in [2.45, 2.75) is 13.0 Å². The SMILES string of the molecule is O=C(CBr)Cc1cccc(Cl)c1CO. The number of hydrogen-bond donors (Lipinski definition) is 1. The molecule has 0 heterocycles. The molecule has 1 aromatic rings. The molecule has 2 nitrogen and oxygen atoms in total. The van der Waals surface area contributed by atoms with Crippen molar-refractivity contribution in [2.75, 3.05) is 5.33 Å². The first-order valence-electron chi connectivity index (χ1n) is 4.13. The second-order valence-corrected chi connectivity index (χ2v) is 3.85. The fourth-order valence-electron chi connectivity index (χ4n) is 1.21. The van der Waals surface area contributed by atoms with Crippen LogP contribution in [-0.2, 0) is 17.8 Å². The van der Waals surface area contributed by atoms with E-state index in [1.807, 2.05) is 0 Å². The lowest BCUT2D eigenvalue weighted by Crippen LogP contribution is -2.06. The smallest absolute Gasteiger partial charge is 0.147 e. The van der Waals surface area contributed by atoms with Gasteiger partial charge in [-0.25, -0.2) is 0 Å². The van der Waals surface area contributed by atoms with Crippen LogP contribution >= 0.6 is 27.5 Å². The van der Waals surface area contributed by atoms with E-state index in [4.69, 9.17) is 16.7 Å². The van der Waals surface area contributed by atoms with E-state index in [1.54, 1.807) is 18.2 Å². The van der Waals surface area contributed by atoms with Crippen LogP contribution in [0.1, 0.15) is 11.1 Å². The van der Waals surface area contributed by atoms with Crippen LogP contribution < -0.4 is 0 Å². The van der Waals surface area contributed by atoms with Crippen LogP contribution in [-0.4, -0.2) is 16.2 Å². The standard InChI is InChI=1S/C10H10BrClO2/c11-5-8(14)4-7-2-1-3-10(12)9(7)6-13/h1-3,13H,4-6H2. The minimum absolute atomic E-state index is 0.0713. The van der Waals surface area contributed by atoms with E-state index in [0.29, 0.717) is 22.3 Å². The molecule has 1 N–H and O–H groups in total. The molecule has 1 aromatic carbocycles. The van der Waals surface area contributed by atoms with Crippen molar-refractivity contribution < 1.29 is 9.90 Å². The number of aliphatic hydroxyl groups is 1. The van der Waals surface area contributed by atoms with E-state index in [0.717, 1.165) is 5.56 Å². The molecule has 4 heteroatoms. The molecule has 0 aliphatic carbocycles. The van der Waals surface area contributed by atoms with Gasteiger partial charge in [0.15, 0.2) is 0 Å². The Balaban J connectivity index is 2.96. The highest BCUT2D eigenvalue weighted by molar-refractivity contribution is 9.09. The van der Waals surface area contributed by atoms with Crippen molar-refractivity contribution in [1.29, 1.82) is 0 Å². The Hall–Kier alpha value is -0.380. The Bertz CT molecular complexity index is 339. The fraction of sp³-hybridized carbons (Fsp3) is 0.300. The maximum Gasteiger partial charge on any atom is 0.147 e. The van der Waals surface area contributed by atoms with Gasteiger partial charge in [0.05, 0.1) is 11.9 Å². The van der Waals surface area contributed by atoms with Crippen molar-refractivity contribution in [3.8, 4) is 0 Å². The van der Waals surface area contributed by atoms with Crippen molar-refractivity contribution in [3.63, 3.8) is 0 Å². The summed E-state index contributed by atoms with van der Waals surface area (Å²) in [5.74, 6) is 0.0713. The molecule has 0 unspecified atom stereocenters. The predicted molar refractivity (Wildman–Crippen MR) is 59.9 cm³/mol. The molecule has 0 radical (unpaired) electrons. The molecule has 0 fully saturated rings. The van der Waals surface area contributed by atoms with E-state index >= 15 is 0 Å². The van der Waals surface area contributed by atoms with E-state index in [1.165, 1.54) is 0 Å². The van der Waals surface area contributed by atoms with Crippen LogP contribution in [0.4, 0.5) is 0 Å². The molecule has 0 spiro atoms. The largest absolute Gasteiger partial charge is 0.392 e. The topological polar surface area (TPSA) is 37.3 Å². The van der Waals surface area contributed by atoms with Crippen LogP contribution in [0, 0.1) is 0 Å². The summed E-state index contributed by atoms with van der Waals surface area (Å²) in [6, 6.07) is 5.28. The lowest BCUT2D eigenvalue weighted by Gasteiger charge is -2.07. The van der Waals surface area contributed by atoms with E-state index < -0.39 is 0 Å². The highest BCUT2D eigenvalue weighted by atomic mass is 79.9. The zero-order valence-electron chi connectivity index (χ0n) is 7.46. The van der Waals surface area contributed by atoms with Crippen LogP contribution in [0.2, 0.25) is 5.02 Å². The lowest BCUT2D eigenvalue weighted by atomic mass is 10.0. The Morgan fingerprint density at radius 2 is 2.21 bits per heavy atom. The Morgan fingerprint density at radius 1 is 1.50 bits per heavy atom. The molecule has 76 valence electrons. The number of carbonyl (C=O) groups is 1. The van der Waals surface area contributed by atoms with Gasteiger partial charge in [0.1, 0.15) is 5.78 Å². The van der Waals surface area contributed by atoms with Gasteiger partial charge < -0.3 is 5.11 Å². The third kappa shape index (κ3) is 2.80. The van der Waals surface area contributed by atoms with E-state index in [-0.39, 0.29) is 12.4 Å². The average Bonchev–Trinajstić information content (AvgIpc) is 2.18. The average molecular weight is 278 g/mol. The van der Waals surface area contributed by atoms with Gasteiger partial charge in [0.25, 0.3) is 0 Å². The Labute approximate surface area is 96.0 Å². The zero-order valence-corrected chi connectivity index (χ0v) is 9.81. The van der Waals surface area contributed by atoms with Crippen LogP contribution in [0.25, 0.3) is 0 Å². The van der Waals surface area contributed by atoms with Gasteiger partial charge in [-0.2, -0.15) is 0 Å². The third-order valence-corrected chi connectivity index (χ3v) is 2.89. The molecular weight excluding hydrogens is 267 g/mol. The number of carbonyl (C=O) groups excluding carboxylic acids is 1. The van der Waals surface area contributed by atoms with Gasteiger partial charge in [-0.3, -0.25) is 4.79 Å². The molecule has 0 aliphatic heterocycles. The van der Waals surface area contributed by atoms with Gasteiger partial charge in [-0.15, -0.1) is 0 Å². The summed E-state index contributed by atoms with van der Waals surface area (Å²) in [6.45, 7) is -0.134. The normalized spacial score (nSPS) is 10.2. The molecule has 0 aliphatic rings. The first-order valence-corrected chi connectivity index (χ1v) is 5.63. The predicted octanol–water partition coefficient (Wildman–Crippen LogP) is 2.34. The Morgan fingerprint density at radius 3 is 2.79 bits per heavy atom. The van der Waals surface area contributed by atoms with Gasteiger partial charge in [0.2, 0.25) is 0 Å². The summed E-state index contributed by atoms with van der Waals surface area (Å²) >= 11 is 8.97. The number of benzene rings is 1.